The van der Waals surface area contributed by atoms with E-state index in [2.05, 4.69) is 25.0 Å². The van der Waals surface area contributed by atoms with Crippen LogP contribution in [0.1, 0.15) is 5.82 Å². The molecule has 0 fully saturated rings. The summed E-state index contributed by atoms with van der Waals surface area (Å²) in [6, 6.07) is 0. The standard InChI is InChI=1S/C4H7N3O3/c1-9-5-2-3-6-4(8)10-7-3/h5H,2H2,1H3,(H,6,7,8). The zero-order valence-electron chi connectivity index (χ0n) is 5.38. The summed E-state index contributed by atoms with van der Waals surface area (Å²) in [7, 11) is 1.47. The highest BCUT2D eigenvalue weighted by Crippen LogP contribution is 1.80. The number of nitrogens with zero attached hydrogens (tertiary/aromatic N) is 1. The average Bonchev–Trinajstić information content (AvgIpc) is 2.31. The molecule has 56 valence electrons. The molecule has 1 rings (SSSR count). The highest BCUT2D eigenvalue weighted by atomic mass is 16.6. The van der Waals surface area contributed by atoms with E-state index >= 15 is 0 Å². The molecular formula is C4H7N3O3. The number of hydroxylamine groups is 1. The second kappa shape index (κ2) is 3.14. The van der Waals surface area contributed by atoms with E-state index in [4.69, 9.17) is 0 Å². The molecule has 0 aliphatic heterocycles. The Labute approximate surface area is 56.1 Å². The lowest BCUT2D eigenvalue weighted by molar-refractivity contribution is 0.0843. The van der Waals surface area contributed by atoms with E-state index in [1.54, 1.807) is 0 Å². The minimum atomic E-state index is -0.562. The summed E-state index contributed by atoms with van der Waals surface area (Å²) in [5.41, 5.74) is 2.49. The van der Waals surface area contributed by atoms with Gasteiger partial charge in [0.05, 0.1) is 13.7 Å². The van der Waals surface area contributed by atoms with Crippen molar-refractivity contribution in [2.24, 2.45) is 0 Å². The molecular weight excluding hydrogens is 138 g/mol. The summed E-state index contributed by atoms with van der Waals surface area (Å²) >= 11 is 0. The first-order valence-electron chi connectivity index (χ1n) is 2.63. The van der Waals surface area contributed by atoms with Gasteiger partial charge in [0.2, 0.25) is 0 Å². The molecule has 0 radical (unpaired) electrons. The molecule has 0 aliphatic carbocycles. The normalized spacial score (nSPS) is 10.1. The van der Waals surface area contributed by atoms with Gasteiger partial charge >= 0.3 is 5.76 Å². The van der Waals surface area contributed by atoms with Crippen molar-refractivity contribution in [3.63, 3.8) is 0 Å². The molecule has 6 heteroatoms. The monoisotopic (exact) mass is 145 g/mol. The lowest BCUT2D eigenvalue weighted by atomic mass is 10.6. The quantitative estimate of drug-likeness (QED) is 0.534. The van der Waals surface area contributed by atoms with Crippen LogP contribution in [0.3, 0.4) is 0 Å². The molecule has 1 aromatic heterocycles. The molecule has 0 spiro atoms. The van der Waals surface area contributed by atoms with Crippen molar-refractivity contribution >= 4 is 0 Å². The van der Waals surface area contributed by atoms with E-state index in [1.165, 1.54) is 7.11 Å². The van der Waals surface area contributed by atoms with Crippen LogP contribution in [0, 0.1) is 0 Å². The molecule has 0 unspecified atom stereocenters. The van der Waals surface area contributed by atoms with Gasteiger partial charge in [-0.05, 0) is 0 Å². The fourth-order valence-electron chi connectivity index (χ4n) is 0.477. The van der Waals surface area contributed by atoms with E-state index in [-0.39, 0.29) is 0 Å². The van der Waals surface area contributed by atoms with Crippen molar-refractivity contribution < 1.29 is 9.36 Å². The number of H-pyrrole nitrogens is 1. The first-order chi connectivity index (χ1) is 4.83. The Hall–Kier alpha value is -1.14. The van der Waals surface area contributed by atoms with Gasteiger partial charge in [0, 0.05) is 0 Å². The SMILES string of the molecule is CONCc1noc(=O)[nH]1. The van der Waals surface area contributed by atoms with Gasteiger partial charge in [-0.2, -0.15) is 5.48 Å². The van der Waals surface area contributed by atoms with Crippen molar-refractivity contribution in [1.82, 2.24) is 15.6 Å². The van der Waals surface area contributed by atoms with Crippen LogP contribution in [0.15, 0.2) is 9.32 Å². The highest BCUT2D eigenvalue weighted by molar-refractivity contribution is 4.74. The third kappa shape index (κ3) is 1.67. The van der Waals surface area contributed by atoms with Crippen LogP contribution >= 0.6 is 0 Å². The summed E-state index contributed by atoms with van der Waals surface area (Å²) in [4.78, 5) is 17.1. The van der Waals surface area contributed by atoms with Crippen LogP contribution in [0.4, 0.5) is 0 Å². The van der Waals surface area contributed by atoms with Crippen molar-refractivity contribution in [3.05, 3.63) is 16.4 Å². The number of rotatable bonds is 3. The minimum Gasteiger partial charge on any atom is -0.305 e. The van der Waals surface area contributed by atoms with Crippen molar-refractivity contribution in [2.75, 3.05) is 7.11 Å². The van der Waals surface area contributed by atoms with Crippen LogP contribution in [-0.4, -0.2) is 17.3 Å². The van der Waals surface area contributed by atoms with Gasteiger partial charge in [-0.3, -0.25) is 9.51 Å². The Morgan fingerprint density at radius 2 is 2.70 bits per heavy atom. The van der Waals surface area contributed by atoms with E-state index in [0.29, 0.717) is 12.4 Å². The van der Waals surface area contributed by atoms with Gasteiger partial charge in [-0.15, -0.1) is 0 Å². The molecule has 2 N–H and O–H groups in total. The first-order valence-corrected chi connectivity index (χ1v) is 2.63. The lowest BCUT2D eigenvalue weighted by Crippen LogP contribution is -2.12. The maximum absolute atomic E-state index is 10.3. The molecule has 0 amide bonds. The van der Waals surface area contributed by atoms with Crippen LogP contribution in [0.5, 0.6) is 0 Å². The first kappa shape index (κ1) is 6.97. The molecule has 0 aliphatic rings. The van der Waals surface area contributed by atoms with Gasteiger partial charge in [-0.25, -0.2) is 4.79 Å². The third-order valence-corrected chi connectivity index (χ3v) is 0.869. The van der Waals surface area contributed by atoms with Crippen LogP contribution < -0.4 is 11.2 Å². The second-order valence-electron chi connectivity index (χ2n) is 1.57. The molecule has 6 nitrogen and oxygen atoms in total. The maximum atomic E-state index is 10.3. The fourth-order valence-corrected chi connectivity index (χ4v) is 0.477. The van der Waals surface area contributed by atoms with E-state index in [9.17, 15) is 4.79 Å². The van der Waals surface area contributed by atoms with E-state index in [1.807, 2.05) is 0 Å². The Balaban J connectivity index is 2.50. The number of hydrogen-bond acceptors (Lipinski definition) is 5. The zero-order chi connectivity index (χ0) is 7.40. The van der Waals surface area contributed by atoms with Crippen molar-refractivity contribution in [2.45, 2.75) is 6.54 Å². The molecule has 1 aromatic rings. The zero-order valence-corrected chi connectivity index (χ0v) is 5.38. The van der Waals surface area contributed by atoms with Gasteiger partial charge in [0.15, 0.2) is 5.82 Å². The number of nitrogens with one attached hydrogen (secondary N) is 2. The summed E-state index contributed by atoms with van der Waals surface area (Å²) in [5.74, 6) is -0.153. The van der Waals surface area contributed by atoms with E-state index < -0.39 is 5.76 Å². The third-order valence-electron chi connectivity index (χ3n) is 0.869. The molecule has 0 atom stereocenters. The molecule has 0 saturated heterocycles. The summed E-state index contributed by atoms with van der Waals surface area (Å²) in [6.45, 7) is 0.322. The predicted octanol–water partition coefficient (Wildman–Crippen LogP) is -0.986. The molecule has 0 aromatic carbocycles. The molecule has 1 heterocycles. The van der Waals surface area contributed by atoms with Crippen molar-refractivity contribution in [3.8, 4) is 0 Å². The molecule has 0 saturated carbocycles. The maximum Gasteiger partial charge on any atom is 0.438 e. The average molecular weight is 145 g/mol. The lowest BCUT2D eigenvalue weighted by Gasteiger charge is -1.93. The van der Waals surface area contributed by atoms with Gasteiger partial charge in [0.25, 0.3) is 0 Å². The smallest absolute Gasteiger partial charge is 0.305 e. The fraction of sp³-hybridized carbons (Fsp3) is 0.500. The Morgan fingerprint density at radius 1 is 1.90 bits per heavy atom. The Morgan fingerprint density at radius 3 is 3.20 bits per heavy atom. The Kier molecular flexibility index (Phi) is 2.19. The topological polar surface area (TPSA) is 80.2 Å². The number of hydrogen-bond donors (Lipinski definition) is 2. The number of aromatic nitrogens is 2. The largest absolute Gasteiger partial charge is 0.438 e. The minimum absolute atomic E-state index is 0.322. The molecule has 10 heavy (non-hydrogen) atoms. The summed E-state index contributed by atoms with van der Waals surface area (Å²) < 4.78 is 4.20. The van der Waals surface area contributed by atoms with Crippen LogP contribution in [0.25, 0.3) is 0 Å². The summed E-state index contributed by atoms with van der Waals surface area (Å²) in [5, 5.41) is 3.37. The molecule has 0 bridgehead atoms. The van der Waals surface area contributed by atoms with Gasteiger partial charge in [0.1, 0.15) is 0 Å². The van der Waals surface area contributed by atoms with Gasteiger partial charge < -0.3 is 4.84 Å². The van der Waals surface area contributed by atoms with Crippen LogP contribution in [0.2, 0.25) is 0 Å². The second-order valence-corrected chi connectivity index (χ2v) is 1.57. The number of aromatic amines is 1. The Bertz CT molecular complexity index is 240. The van der Waals surface area contributed by atoms with E-state index in [0.717, 1.165) is 0 Å². The van der Waals surface area contributed by atoms with Gasteiger partial charge in [-0.1, -0.05) is 5.16 Å². The predicted molar refractivity (Wildman–Crippen MR) is 31.0 cm³/mol. The highest BCUT2D eigenvalue weighted by Gasteiger charge is 1.96. The van der Waals surface area contributed by atoms with Crippen LogP contribution in [-0.2, 0) is 11.4 Å². The van der Waals surface area contributed by atoms with Crippen molar-refractivity contribution in [1.29, 1.82) is 0 Å². The summed E-state index contributed by atoms with van der Waals surface area (Å²) in [6.07, 6.45) is 0.